The summed E-state index contributed by atoms with van der Waals surface area (Å²) in [5.41, 5.74) is 0. The van der Waals surface area contributed by atoms with Gasteiger partial charge in [-0.05, 0) is 143 Å². The van der Waals surface area contributed by atoms with E-state index in [-0.39, 0.29) is 36.3 Å². The lowest BCUT2D eigenvalue weighted by Gasteiger charge is -2.22. The molecule has 4 N–H and O–H groups in total. The monoisotopic (exact) mass is 1360 g/mol. The van der Waals surface area contributed by atoms with Crippen molar-refractivity contribution in [2.45, 2.75) is 387 Å². The van der Waals surface area contributed by atoms with Crippen molar-refractivity contribution >= 4 is 33.5 Å². The van der Waals surface area contributed by atoms with Crippen molar-refractivity contribution in [3.8, 4) is 0 Å². The summed E-state index contributed by atoms with van der Waals surface area (Å²) in [6.07, 6.45) is 85.3. The smallest absolute Gasteiger partial charge is 0.394 e. The first-order chi connectivity index (χ1) is 46.1. The summed E-state index contributed by atoms with van der Waals surface area (Å²) in [5.74, 6) is -0.638. The van der Waals surface area contributed by atoms with Crippen molar-refractivity contribution in [3.63, 3.8) is 0 Å². The highest BCUT2D eigenvalue weighted by Crippen LogP contribution is 2.20. The molecule has 0 rings (SSSR count). The molecule has 0 saturated carbocycles. The van der Waals surface area contributed by atoms with Crippen LogP contribution in [0.4, 0.5) is 0 Å². The van der Waals surface area contributed by atoms with Gasteiger partial charge in [-0.1, -0.05) is 282 Å². The Morgan fingerprint density at radius 3 is 0.589 bits per heavy atom. The number of rotatable bonds is 72. The number of likely N-dealkylation sites (N-methyl/N-ethyl adjacent to an activating group) is 2. The minimum absolute atomic E-state index is 0.0497. The van der Waals surface area contributed by atoms with Crippen LogP contribution in [0.15, 0.2) is 48.6 Å². The number of nitrogens with zero attached hydrogens (tertiary/aromatic N) is 2. The molecule has 0 atom stereocenters. The van der Waals surface area contributed by atoms with Gasteiger partial charge in [0.2, 0.25) is 0 Å². The summed E-state index contributed by atoms with van der Waals surface area (Å²) in [7, 11) is -0.873. The van der Waals surface area contributed by atoms with E-state index in [1.54, 1.807) is 0 Å². The second kappa shape index (κ2) is 78.7. The lowest BCUT2D eigenvalue weighted by atomic mass is 9.91. The molecular formula is C82H156N2O10S. The van der Waals surface area contributed by atoms with Crippen LogP contribution in [0.1, 0.15) is 387 Å². The second-order valence-corrected chi connectivity index (χ2v) is 28.6. The molecule has 0 bridgehead atoms. The molecule has 0 unspecified atom stereocenters. The van der Waals surface area contributed by atoms with Crippen LogP contribution < -0.4 is 0 Å². The topological polar surface area (TPSA) is 190 Å². The molecule has 12 nitrogen and oxygen atoms in total. The van der Waals surface area contributed by atoms with Gasteiger partial charge in [0, 0.05) is 51.9 Å². The summed E-state index contributed by atoms with van der Waals surface area (Å²) in [6.45, 7) is 11.0. The van der Waals surface area contributed by atoms with Gasteiger partial charge in [0.05, 0.1) is 25.0 Å². The molecule has 95 heavy (non-hydrogen) atoms. The highest BCUT2D eigenvalue weighted by Gasteiger charge is 2.28. The molecule has 0 aliphatic heterocycles. The summed E-state index contributed by atoms with van der Waals surface area (Å²) >= 11 is 0. The van der Waals surface area contributed by atoms with Crippen LogP contribution in [0.2, 0.25) is 0 Å². The minimum atomic E-state index is -4.67. The predicted octanol–water partition coefficient (Wildman–Crippen LogP) is 22.8. The van der Waals surface area contributed by atoms with Gasteiger partial charge in [-0.3, -0.25) is 28.3 Å². The maximum Gasteiger partial charge on any atom is 0.394 e. The number of unbranched alkanes of at least 4 members (excludes halogenated alkanes) is 44. The first-order valence-corrected chi connectivity index (χ1v) is 41.5. The highest BCUT2D eigenvalue weighted by molar-refractivity contribution is 7.79. The molecule has 0 aromatic heterocycles. The molecule has 0 aliphatic carbocycles. The molecule has 560 valence electrons. The van der Waals surface area contributed by atoms with Gasteiger partial charge in [-0.15, -0.1) is 0 Å². The molecule has 0 fully saturated rings. The summed E-state index contributed by atoms with van der Waals surface area (Å²) in [6, 6.07) is 0. The molecule has 0 aliphatic rings. The zero-order valence-electron chi connectivity index (χ0n) is 63.2. The van der Waals surface area contributed by atoms with Crippen LogP contribution in [0.5, 0.6) is 0 Å². The van der Waals surface area contributed by atoms with Gasteiger partial charge in [0.25, 0.3) is 0 Å². The molecule has 0 aromatic carbocycles. The van der Waals surface area contributed by atoms with Crippen molar-refractivity contribution < 1.29 is 46.9 Å². The number of Topliss-reactive ketones (excluding diaryl/α,β-unsaturated/α-hetero) is 4. The van der Waals surface area contributed by atoms with E-state index in [1.807, 2.05) is 23.9 Å². The number of allylic oxidation sites excluding steroid dienone is 8. The lowest BCUT2D eigenvalue weighted by molar-refractivity contribution is -0.135. The van der Waals surface area contributed by atoms with Crippen LogP contribution in [0, 0.1) is 11.8 Å². The van der Waals surface area contributed by atoms with Crippen LogP contribution in [0.3, 0.4) is 0 Å². The maximum atomic E-state index is 13.1. The number of hydrogen-bond donors (Lipinski definition) is 4. The van der Waals surface area contributed by atoms with E-state index >= 15 is 0 Å². The summed E-state index contributed by atoms with van der Waals surface area (Å²) in [4.78, 5) is 56.2. The molecule has 0 amide bonds. The molecule has 0 heterocycles. The molecule has 0 radical (unpaired) electrons. The summed E-state index contributed by atoms with van der Waals surface area (Å²) in [5, 5.41) is 18.6. The Hall–Kier alpha value is -2.65. The Morgan fingerprint density at radius 1 is 0.284 bits per heavy atom. The lowest BCUT2D eigenvalue weighted by Crippen LogP contribution is -2.37. The van der Waals surface area contributed by atoms with Gasteiger partial charge >= 0.3 is 10.4 Å². The predicted molar refractivity (Wildman–Crippen MR) is 408 cm³/mol. The van der Waals surface area contributed by atoms with Gasteiger partial charge in [0.15, 0.2) is 0 Å². The number of carbonyl (C=O) groups excluding carboxylic acids is 4. The largest absolute Gasteiger partial charge is 0.395 e. The number of aliphatic hydroxyl groups excluding tert-OH is 2. The van der Waals surface area contributed by atoms with E-state index in [1.165, 1.54) is 257 Å². The van der Waals surface area contributed by atoms with E-state index < -0.39 is 22.2 Å². The fourth-order valence-electron chi connectivity index (χ4n) is 12.1. The van der Waals surface area contributed by atoms with Gasteiger partial charge in [0.1, 0.15) is 23.1 Å². The quantitative estimate of drug-likeness (QED) is 0.0195. The second-order valence-electron chi connectivity index (χ2n) is 27.7. The Balaban J connectivity index is -0.00000166. The van der Waals surface area contributed by atoms with Crippen molar-refractivity contribution in [3.05, 3.63) is 48.6 Å². The van der Waals surface area contributed by atoms with Gasteiger partial charge in [-0.25, -0.2) is 0 Å². The fraction of sp³-hybridized carbons (Fsp3) is 0.854. The Morgan fingerprint density at radius 2 is 0.432 bits per heavy atom. The number of ketones is 4. The first kappa shape index (κ1) is 96.5. The number of carbonyl (C=O) groups is 4. The molecule has 0 spiro atoms. The van der Waals surface area contributed by atoms with Crippen molar-refractivity contribution in [1.82, 2.24) is 9.80 Å². The van der Waals surface area contributed by atoms with E-state index in [0.717, 1.165) is 77.0 Å². The SMILES string of the molecule is CCCCCCCC/C=C\CCCCCCCC(=O)C(CN(C)CCO)C(=O)CCCCCCC/C=C\CCCCCCCC.CCCCCCCC/C=C\CCCCCCCC(=O)C(CN(C)CCO)C(=O)CCCCCCC/C=C\CCCCCCCC.O=S(=O)(O)O. The van der Waals surface area contributed by atoms with Gasteiger partial charge < -0.3 is 20.0 Å². The van der Waals surface area contributed by atoms with E-state index in [0.29, 0.717) is 51.9 Å². The zero-order chi connectivity index (χ0) is 70.6. The van der Waals surface area contributed by atoms with Gasteiger partial charge in [-0.2, -0.15) is 8.42 Å². The standard InChI is InChI=1S/2C41H77NO3.H2O4S/c2*1-4-6-8-10-12-14-16-18-20-22-24-26-28-30-32-34-40(44)39(38-42(3)36-37-43)41(45)35-33-31-29-27-25-23-21-19-17-15-13-11-9-7-5-2;1-5(2,3)4/h2*18-21,39,43H,4-17,22-38H2,1-3H3;(H2,1,2,3,4)/b2*20-18-,21-19-;. The Kier molecular flexibility index (Phi) is 80.0. The van der Waals surface area contributed by atoms with Crippen LogP contribution >= 0.6 is 0 Å². The fourth-order valence-corrected chi connectivity index (χ4v) is 12.1. The normalized spacial score (nSPS) is 12.0. The third-order valence-electron chi connectivity index (χ3n) is 18.2. The third kappa shape index (κ3) is 80.2. The maximum absolute atomic E-state index is 13.1. The Bertz CT molecular complexity index is 1660. The summed E-state index contributed by atoms with van der Waals surface area (Å²) < 4.78 is 31.6. The van der Waals surface area contributed by atoms with Crippen LogP contribution in [-0.2, 0) is 29.6 Å². The average Bonchev–Trinajstić information content (AvgIpc) is 1.11. The number of aliphatic hydroxyl groups is 2. The minimum Gasteiger partial charge on any atom is -0.395 e. The number of hydrogen-bond acceptors (Lipinski definition) is 10. The molecule has 0 saturated heterocycles. The third-order valence-corrected chi connectivity index (χ3v) is 18.2. The van der Waals surface area contributed by atoms with Crippen LogP contribution in [0.25, 0.3) is 0 Å². The van der Waals surface area contributed by atoms with Crippen molar-refractivity contribution in [2.75, 3.05) is 53.5 Å². The Labute approximate surface area is 588 Å². The van der Waals surface area contributed by atoms with Crippen molar-refractivity contribution in [1.29, 1.82) is 0 Å². The highest BCUT2D eigenvalue weighted by atomic mass is 32.3. The first-order valence-electron chi connectivity index (χ1n) is 40.1. The van der Waals surface area contributed by atoms with E-state index in [4.69, 9.17) is 17.5 Å². The average molecular weight is 1360 g/mol. The van der Waals surface area contributed by atoms with Crippen molar-refractivity contribution in [2.24, 2.45) is 11.8 Å². The van der Waals surface area contributed by atoms with E-state index in [2.05, 4.69) is 76.3 Å². The molecule has 0 aromatic rings. The van der Waals surface area contributed by atoms with E-state index in [9.17, 15) is 29.4 Å². The zero-order valence-corrected chi connectivity index (χ0v) is 64.0. The molecule has 13 heteroatoms. The molecular weight excluding hydrogens is 1200 g/mol. The van der Waals surface area contributed by atoms with Crippen LogP contribution in [-0.4, -0.2) is 114 Å².